The maximum Gasteiger partial charge on any atom is 0.294 e. The van der Waals surface area contributed by atoms with Crippen molar-refractivity contribution in [2.75, 3.05) is 25.6 Å². The summed E-state index contributed by atoms with van der Waals surface area (Å²) >= 11 is 0.801. The van der Waals surface area contributed by atoms with Crippen LogP contribution in [0.25, 0.3) is 6.08 Å². The van der Waals surface area contributed by atoms with Crippen LogP contribution in [0.1, 0.15) is 18.1 Å². The summed E-state index contributed by atoms with van der Waals surface area (Å²) in [6.45, 7) is 3.97. The van der Waals surface area contributed by atoms with Crippen LogP contribution in [-0.2, 0) is 9.59 Å². The highest BCUT2D eigenvalue weighted by Gasteiger charge is 2.36. The number of imide groups is 1. The van der Waals surface area contributed by atoms with E-state index in [4.69, 9.17) is 9.47 Å². The van der Waals surface area contributed by atoms with Crippen molar-refractivity contribution in [2.45, 2.75) is 13.8 Å². The van der Waals surface area contributed by atoms with E-state index in [9.17, 15) is 14.4 Å². The van der Waals surface area contributed by atoms with Gasteiger partial charge in [0.05, 0.1) is 18.6 Å². The molecule has 0 aromatic heterocycles. The van der Waals surface area contributed by atoms with E-state index in [2.05, 4.69) is 5.32 Å². The van der Waals surface area contributed by atoms with E-state index < -0.39 is 17.1 Å². The molecule has 1 N–H and O–H groups in total. The van der Waals surface area contributed by atoms with Gasteiger partial charge in [0.2, 0.25) is 5.91 Å². The fourth-order valence-electron chi connectivity index (χ4n) is 2.82. The Hall–Kier alpha value is -3.26. The third-order valence-electron chi connectivity index (χ3n) is 4.30. The monoisotopic (exact) mass is 426 g/mol. The predicted molar refractivity (Wildman–Crippen MR) is 117 cm³/mol. The average Bonchev–Trinajstić information content (AvgIpc) is 2.98. The molecule has 0 saturated carbocycles. The second-order valence-electron chi connectivity index (χ2n) is 6.53. The van der Waals surface area contributed by atoms with Gasteiger partial charge in [-0.05, 0) is 61.5 Å². The highest BCUT2D eigenvalue weighted by molar-refractivity contribution is 8.18. The second-order valence-corrected chi connectivity index (χ2v) is 7.52. The van der Waals surface area contributed by atoms with Gasteiger partial charge in [0.15, 0.2) is 11.5 Å². The van der Waals surface area contributed by atoms with E-state index in [1.807, 2.05) is 26.0 Å². The zero-order chi connectivity index (χ0) is 21.7. The fraction of sp³-hybridized carbons (Fsp3) is 0.227. The Morgan fingerprint density at radius 2 is 1.87 bits per heavy atom. The van der Waals surface area contributed by atoms with Crippen LogP contribution in [-0.4, -0.2) is 42.2 Å². The lowest BCUT2D eigenvalue weighted by Gasteiger charge is -2.12. The Morgan fingerprint density at radius 1 is 1.13 bits per heavy atom. The number of ether oxygens (including phenoxy) is 2. The molecule has 1 fully saturated rings. The van der Waals surface area contributed by atoms with Crippen molar-refractivity contribution in [2.24, 2.45) is 0 Å². The number of carbonyl (C=O) groups excluding carboxylic acids is 3. The number of anilines is 1. The zero-order valence-electron chi connectivity index (χ0n) is 16.9. The Bertz CT molecular complexity index is 1000. The van der Waals surface area contributed by atoms with Crippen LogP contribution in [0.4, 0.5) is 10.5 Å². The topological polar surface area (TPSA) is 84.9 Å². The summed E-state index contributed by atoms with van der Waals surface area (Å²) in [7, 11) is 1.53. The quantitative estimate of drug-likeness (QED) is 0.672. The molecule has 0 unspecified atom stereocenters. The molecule has 3 amide bonds. The molecule has 0 bridgehead atoms. The fourth-order valence-corrected chi connectivity index (χ4v) is 3.66. The number of nitrogens with zero attached hydrogens (tertiary/aromatic N) is 1. The van der Waals surface area contributed by atoms with Crippen LogP contribution in [0.5, 0.6) is 11.5 Å². The van der Waals surface area contributed by atoms with Gasteiger partial charge < -0.3 is 14.8 Å². The van der Waals surface area contributed by atoms with Gasteiger partial charge in [-0.3, -0.25) is 19.3 Å². The van der Waals surface area contributed by atoms with Gasteiger partial charge in [0, 0.05) is 5.69 Å². The second kappa shape index (κ2) is 9.49. The number of hydrogen-bond acceptors (Lipinski definition) is 6. The van der Waals surface area contributed by atoms with Crippen molar-refractivity contribution in [3.8, 4) is 11.5 Å². The van der Waals surface area contributed by atoms with Gasteiger partial charge in [0.1, 0.15) is 6.54 Å². The number of methoxy groups -OCH3 is 1. The number of rotatable bonds is 7. The lowest BCUT2D eigenvalue weighted by Crippen LogP contribution is -2.36. The number of carbonyl (C=O) groups is 3. The molecule has 2 aromatic rings. The van der Waals surface area contributed by atoms with Gasteiger partial charge in [-0.2, -0.15) is 0 Å². The highest BCUT2D eigenvalue weighted by Crippen LogP contribution is 2.34. The summed E-state index contributed by atoms with van der Waals surface area (Å²) in [5, 5.41) is 2.21. The molecule has 156 valence electrons. The molecular weight excluding hydrogens is 404 g/mol. The number of amides is 3. The number of aryl methyl sites for hydroxylation is 1. The van der Waals surface area contributed by atoms with Crippen LogP contribution in [0, 0.1) is 6.92 Å². The van der Waals surface area contributed by atoms with Crippen molar-refractivity contribution in [1.82, 2.24) is 4.90 Å². The molecule has 7 nitrogen and oxygen atoms in total. The van der Waals surface area contributed by atoms with Gasteiger partial charge in [-0.1, -0.05) is 23.8 Å². The summed E-state index contributed by atoms with van der Waals surface area (Å²) in [6, 6.07) is 12.5. The third-order valence-corrected chi connectivity index (χ3v) is 5.20. The molecule has 30 heavy (non-hydrogen) atoms. The van der Waals surface area contributed by atoms with Gasteiger partial charge in [-0.25, -0.2) is 0 Å². The number of thioether (sulfide) groups is 1. The molecule has 1 heterocycles. The lowest BCUT2D eigenvalue weighted by molar-refractivity contribution is -0.127. The molecule has 1 aliphatic rings. The first kappa shape index (κ1) is 21.4. The van der Waals surface area contributed by atoms with E-state index in [1.165, 1.54) is 7.11 Å². The van der Waals surface area contributed by atoms with Gasteiger partial charge in [0.25, 0.3) is 11.1 Å². The lowest BCUT2D eigenvalue weighted by atomic mass is 10.2. The standard InChI is InChI=1S/C22H22N2O5S/c1-4-29-17-10-7-15(11-18(17)28-3)12-19-21(26)24(22(27)30-19)13-20(25)23-16-8-5-14(2)6-9-16/h5-12H,4,13H2,1-3H3,(H,23,25)/b19-12-. The maximum absolute atomic E-state index is 12.7. The van der Waals surface area contributed by atoms with E-state index in [1.54, 1.807) is 36.4 Å². The summed E-state index contributed by atoms with van der Waals surface area (Å²) < 4.78 is 10.8. The molecule has 0 atom stereocenters. The Labute approximate surface area is 179 Å². The van der Waals surface area contributed by atoms with E-state index in [0.717, 1.165) is 22.2 Å². The molecule has 1 saturated heterocycles. The van der Waals surface area contributed by atoms with Crippen LogP contribution < -0.4 is 14.8 Å². The molecule has 0 spiro atoms. The summed E-state index contributed by atoms with van der Waals surface area (Å²) in [4.78, 5) is 38.4. The molecule has 2 aromatic carbocycles. The minimum Gasteiger partial charge on any atom is -0.493 e. The Kier molecular flexibility index (Phi) is 6.79. The predicted octanol–water partition coefficient (Wildman–Crippen LogP) is 4.08. The Morgan fingerprint density at radius 3 is 2.53 bits per heavy atom. The Balaban J connectivity index is 1.71. The molecule has 3 rings (SSSR count). The highest BCUT2D eigenvalue weighted by atomic mass is 32.2. The molecular formula is C22H22N2O5S. The van der Waals surface area contributed by atoms with Gasteiger partial charge in [-0.15, -0.1) is 0 Å². The number of nitrogens with one attached hydrogen (secondary N) is 1. The summed E-state index contributed by atoms with van der Waals surface area (Å²) in [6.07, 6.45) is 1.60. The van der Waals surface area contributed by atoms with Gasteiger partial charge >= 0.3 is 0 Å². The summed E-state index contributed by atoms with van der Waals surface area (Å²) in [5.74, 6) is 0.183. The van der Waals surface area contributed by atoms with E-state index in [-0.39, 0.29) is 11.4 Å². The number of benzene rings is 2. The first-order chi connectivity index (χ1) is 14.4. The molecule has 0 radical (unpaired) electrons. The van der Waals surface area contributed by atoms with E-state index in [0.29, 0.717) is 29.4 Å². The molecule has 8 heteroatoms. The SMILES string of the molecule is CCOc1ccc(/C=C2\SC(=O)N(CC(=O)Nc3ccc(C)cc3)C2=O)cc1OC. The van der Waals surface area contributed by atoms with E-state index >= 15 is 0 Å². The van der Waals surface area contributed by atoms with Crippen LogP contribution in [0.15, 0.2) is 47.4 Å². The van der Waals surface area contributed by atoms with Crippen molar-refractivity contribution < 1.29 is 23.9 Å². The van der Waals surface area contributed by atoms with Crippen LogP contribution >= 0.6 is 11.8 Å². The largest absolute Gasteiger partial charge is 0.493 e. The first-order valence-electron chi connectivity index (χ1n) is 9.34. The van der Waals surface area contributed by atoms with Crippen LogP contribution in [0.3, 0.4) is 0 Å². The minimum absolute atomic E-state index is 0.245. The zero-order valence-corrected chi connectivity index (χ0v) is 17.7. The molecule has 0 aliphatic carbocycles. The smallest absolute Gasteiger partial charge is 0.294 e. The average molecular weight is 426 g/mol. The molecule has 1 aliphatic heterocycles. The number of hydrogen-bond donors (Lipinski definition) is 1. The van der Waals surface area contributed by atoms with Crippen molar-refractivity contribution in [3.05, 3.63) is 58.5 Å². The van der Waals surface area contributed by atoms with Crippen molar-refractivity contribution >= 4 is 40.6 Å². The first-order valence-corrected chi connectivity index (χ1v) is 10.2. The maximum atomic E-state index is 12.7. The summed E-state index contributed by atoms with van der Waals surface area (Å²) in [5.41, 5.74) is 2.36. The van der Waals surface area contributed by atoms with Crippen molar-refractivity contribution in [3.63, 3.8) is 0 Å². The van der Waals surface area contributed by atoms with Crippen LogP contribution in [0.2, 0.25) is 0 Å². The third kappa shape index (κ3) is 5.01. The normalized spacial score (nSPS) is 14.9. The van der Waals surface area contributed by atoms with Crippen molar-refractivity contribution in [1.29, 1.82) is 0 Å². The minimum atomic E-state index is -0.503.